The molecule has 0 saturated carbocycles. The van der Waals surface area contributed by atoms with E-state index in [0.717, 1.165) is 10.8 Å². The van der Waals surface area contributed by atoms with Gasteiger partial charge in [-0.2, -0.15) is 0 Å². The second kappa shape index (κ2) is 8.23. The van der Waals surface area contributed by atoms with Gasteiger partial charge in [0.2, 0.25) is 0 Å². The summed E-state index contributed by atoms with van der Waals surface area (Å²) < 4.78 is 10.8. The third kappa shape index (κ3) is 4.36. The number of hydrogen-bond donors (Lipinski definition) is 2. The Labute approximate surface area is 157 Å². The Kier molecular flexibility index (Phi) is 5.56. The van der Waals surface area contributed by atoms with E-state index in [1.54, 1.807) is 37.3 Å². The van der Waals surface area contributed by atoms with Crippen molar-refractivity contribution in [2.24, 2.45) is 0 Å². The van der Waals surface area contributed by atoms with Gasteiger partial charge in [-0.25, -0.2) is 0 Å². The van der Waals surface area contributed by atoms with Crippen molar-refractivity contribution in [1.82, 2.24) is 10.9 Å². The molecule has 3 aromatic rings. The van der Waals surface area contributed by atoms with E-state index in [-0.39, 0.29) is 0 Å². The largest absolute Gasteiger partial charge is 0.496 e. The zero-order chi connectivity index (χ0) is 19.2. The Balaban J connectivity index is 1.59. The summed E-state index contributed by atoms with van der Waals surface area (Å²) in [6.45, 7) is 1.61. The fraction of sp³-hybridized carbons (Fsp3) is 0.143. The van der Waals surface area contributed by atoms with Crippen LogP contribution in [-0.2, 0) is 4.79 Å². The smallest absolute Gasteiger partial charge is 0.279 e. The minimum absolute atomic E-state index is 0.323. The fourth-order valence-corrected chi connectivity index (χ4v) is 2.62. The van der Waals surface area contributed by atoms with Crippen molar-refractivity contribution in [2.75, 3.05) is 7.11 Å². The number of hydrogen-bond acceptors (Lipinski definition) is 4. The van der Waals surface area contributed by atoms with Crippen LogP contribution in [0.4, 0.5) is 0 Å². The molecule has 27 heavy (non-hydrogen) atoms. The topological polar surface area (TPSA) is 76.7 Å². The summed E-state index contributed by atoms with van der Waals surface area (Å²) in [5, 5.41) is 2.11. The first-order valence-corrected chi connectivity index (χ1v) is 8.47. The number of benzene rings is 3. The standard InChI is InChI=1S/C21H20N2O4/c1-14(27-17-12-11-15-7-3-4-8-16(15)13-17)20(24)22-23-21(25)18-9-5-6-10-19(18)26-2/h3-14H,1-2H3,(H,22,24)(H,23,25)/t14-/m1/s1. The Bertz CT molecular complexity index is 971. The van der Waals surface area contributed by atoms with E-state index in [2.05, 4.69) is 10.9 Å². The number of rotatable bonds is 5. The summed E-state index contributed by atoms with van der Waals surface area (Å²) in [5.74, 6) is 0.0576. The molecular weight excluding hydrogens is 344 g/mol. The minimum atomic E-state index is -0.788. The van der Waals surface area contributed by atoms with E-state index in [1.807, 2.05) is 36.4 Å². The van der Waals surface area contributed by atoms with E-state index >= 15 is 0 Å². The van der Waals surface area contributed by atoms with E-state index < -0.39 is 17.9 Å². The van der Waals surface area contributed by atoms with Crippen LogP contribution >= 0.6 is 0 Å². The maximum atomic E-state index is 12.2. The van der Waals surface area contributed by atoms with Crippen LogP contribution in [0, 0.1) is 0 Å². The fourth-order valence-electron chi connectivity index (χ4n) is 2.62. The molecule has 3 aromatic carbocycles. The summed E-state index contributed by atoms with van der Waals surface area (Å²) >= 11 is 0. The number of para-hydroxylation sites is 1. The first-order valence-electron chi connectivity index (χ1n) is 8.47. The van der Waals surface area contributed by atoms with Crippen molar-refractivity contribution < 1.29 is 19.1 Å². The van der Waals surface area contributed by atoms with E-state index in [9.17, 15) is 9.59 Å². The van der Waals surface area contributed by atoms with Crippen LogP contribution in [0.5, 0.6) is 11.5 Å². The molecule has 138 valence electrons. The Morgan fingerprint density at radius 3 is 2.37 bits per heavy atom. The van der Waals surface area contributed by atoms with Crippen molar-refractivity contribution in [3.05, 3.63) is 72.3 Å². The van der Waals surface area contributed by atoms with Crippen molar-refractivity contribution in [3.63, 3.8) is 0 Å². The molecule has 6 heteroatoms. The lowest BCUT2D eigenvalue weighted by molar-refractivity contribution is -0.128. The molecule has 0 aliphatic rings. The molecule has 0 aromatic heterocycles. The van der Waals surface area contributed by atoms with Crippen LogP contribution in [0.25, 0.3) is 10.8 Å². The highest BCUT2D eigenvalue weighted by atomic mass is 16.5. The van der Waals surface area contributed by atoms with Gasteiger partial charge in [-0.05, 0) is 42.0 Å². The second-order valence-electron chi connectivity index (χ2n) is 5.91. The summed E-state index contributed by atoms with van der Waals surface area (Å²) in [6, 6.07) is 20.2. The maximum Gasteiger partial charge on any atom is 0.279 e. The summed E-state index contributed by atoms with van der Waals surface area (Å²) in [5.41, 5.74) is 5.06. The van der Waals surface area contributed by atoms with Crippen molar-refractivity contribution >= 4 is 22.6 Å². The number of amides is 2. The average Bonchev–Trinajstić information content (AvgIpc) is 2.71. The molecule has 0 saturated heterocycles. The average molecular weight is 364 g/mol. The van der Waals surface area contributed by atoms with Gasteiger partial charge in [-0.3, -0.25) is 20.4 Å². The predicted molar refractivity (Wildman–Crippen MR) is 103 cm³/mol. The summed E-state index contributed by atoms with van der Waals surface area (Å²) in [6.07, 6.45) is -0.788. The van der Waals surface area contributed by atoms with Crippen molar-refractivity contribution in [3.8, 4) is 11.5 Å². The van der Waals surface area contributed by atoms with Gasteiger partial charge < -0.3 is 9.47 Å². The molecule has 0 fully saturated rings. The van der Waals surface area contributed by atoms with Gasteiger partial charge in [0.25, 0.3) is 11.8 Å². The van der Waals surface area contributed by atoms with Gasteiger partial charge in [0.15, 0.2) is 6.10 Å². The van der Waals surface area contributed by atoms with E-state index in [4.69, 9.17) is 9.47 Å². The molecule has 2 N–H and O–H groups in total. The highest BCUT2D eigenvalue weighted by molar-refractivity contribution is 5.98. The van der Waals surface area contributed by atoms with Crippen molar-refractivity contribution in [2.45, 2.75) is 13.0 Å². The Morgan fingerprint density at radius 1 is 0.889 bits per heavy atom. The second-order valence-corrected chi connectivity index (χ2v) is 5.91. The highest BCUT2D eigenvalue weighted by Crippen LogP contribution is 2.21. The number of ether oxygens (including phenoxy) is 2. The van der Waals surface area contributed by atoms with E-state index in [0.29, 0.717) is 17.1 Å². The monoisotopic (exact) mass is 364 g/mol. The quantitative estimate of drug-likeness (QED) is 0.682. The van der Waals surface area contributed by atoms with Crippen LogP contribution < -0.4 is 20.3 Å². The zero-order valence-electron chi connectivity index (χ0n) is 15.1. The number of nitrogens with one attached hydrogen (secondary N) is 2. The van der Waals surface area contributed by atoms with Gasteiger partial charge in [-0.15, -0.1) is 0 Å². The number of carbonyl (C=O) groups excluding carboxylic acids is 2. The molecule has 0 bridgehead atoms. The molecule has 1 atom stereocenters. The molecule has 0 aliphatic carbocycles. The zero-order valence-corrected chi connectivity index (χ0v) is 15.1. The molecule has 0 radical (unpaired) electrons. The third-order valence-corrected chi connectivity index (χ3v) is 4.05. The van der Waals surface area contributed by atoms with Gasteiger partial charge in [0.05, 0.1) is 12.7 Å². The van der Waals surface area contributed by atoms with Crippen LogP contribution in [0.3, 0.4) is 0 Å². The molecule has 3 rings (SSSR count). The van der Waals surface area contributed by atoms with Gasteiger partial charge in [-0.1, -0.05) is 42.5 Å². The number of methoxy groups -OCH3 is 1. The third-order valence-electron chi connectivity index (χ3n) is 4.05. The normalized spacial score (nSPS) is 11.5. The van der Waals surface area contributed by atoms with Crippen LogP contribution in [-0.4, -0.2) is 25.0 Å². The van der Waals surface area contributed by atoms with Crippen LogP contribution in [0.15, 0.2) is 66.7 Å². The van der Waals surface area contributed by atoms with Gasteiger partial charge >= 0.3 is 0 Å². The van der Waals surface area contributed by atoms with Gasteiger partial charge in [0.1, 0.15) is 11.5 Å². The molecule has 0 aliphatic heterocycles. The lowest BCUT2D eigenvalue weighted by atomic mass is 10.1. The molecule has 0 unspecified atom stereocenters. The maximum absolute atomic E-state index is 12.2. The van der Waals surface area contributed by atoms with Crippen molar-refractivity contribution in [1.29, 1.82) is 0 Å². The number of hydrazine groups is 1. The van der Waals surface area contributed by atoms with Crippen LogP contribution in [0.1, 0.15) is 17.3 Å². The Morgan fingerprint density at radius 2 is 1.59 bits per heavy atom. The predicted octanol–water partition coefficient (Wildman–Crippen LogP) is 3.08. The lowest BCUT2D eigenvalue weighted by Crippen LogP contribution is -2.47. The highest BCUT2D eigenvalue weighted by Gasteiger charge is 2.17. The number of carbonyl (C=O) groups is 2. The lowest BCUT2D eigenvalue weighted by Gasteiger charge is -2.16. The molecule has 0 heterocycles. The minimum Gasteiger partial charge on any atom is -0.496 e. The summed E-state index contributed by atoms with van der Waals surface area (Å²) in [4.78, 5) is 24.4. The molecule has 0 spiro atoms. The molecular formula is C21H20N2O4. The van der Waals surface area contributed by atoms with Gasteiger partial charge in [0, 0.05) is 0 Å². The first kappa shape index (κ1) is 18.3. The van der Waals surface area contributed by atoms with Crippen LogP contribution in [0.2, 0.25) is 0 Å². The molecule has 2 amide bonds. The SMILES string of the molecule is COc1ccccc1C(=O)NNC(=O)[C@@H](C)Oc1ccc2ccccc2c1. The Hall–Kier alpha value is -3.54. The molecule has 6 nitrogen and oxygen atoms in total. The number of fused-ring (bicyclic) bond motifs is 1. The summed E-state index contributed by atoms with van der Waals surface area (Å²) in [7, 11) is 1.48. The first-order chi connectivity index (χ1) is 13.1. The van der Waals surface area contributed by atoms with E-state index in [1.165, 1.54) is 7.11 Å².